The Bertz CT molecular complexity index is 529. The molecule has 2 rings (SSSR count). The molecular formula is C16H21NO4. The van der Waals surface area contributed by atoms with Gasteiger partial charge < -0.3 is 15.2 Å². The number of rotatable bonds is 5. The lowest BCUT2D eigenvalue weighted by Gasteiger charge is -2.15. The summed E-state index contributed by atoms with van der Waals surface area (Å²) in [6, 6.07) is 7.06. The molecule has 0 aromatic heterocycles. The molecule has 0 bridgehead atoms. The van der Waals surface area contributed by atoms with E-state index in [1.807, 2.05) is 6.92 Å². The summed E-state index contributed by atoms with van der Waals surface area (Å²) in [7, 11) is 1.56. The van der Waals surface area contributed by atoms with E-state index in [2.05, 4.69) is 5.32 Å². The predicted octanol–water partition coefficient (Wildman–Crippen LogP) is 2.77. The van der Waals surface area contributed by atoms with Gasteiger partial charge in [-0.3, -0.25) is 9.59 Å². The van der Waals surface area contributed by atoms with Crippen molar-refractivity contribution in [2.45, 2.75) is 26.2 Å². The summed E-state index contributed by atoms with van der Waals surface area (Å²) >= 11 is 0. The van der Waals surface area contributed by atoms with Crippen LogP contribution < -0.4 is 10.1 Å². The van der Waals surface area contributed by atoms with Crippen molar-refractivity contribution in [1.82, 2.24) is 0 Å². The highest BCUT2D eigenvalue weighted by Crippen LogP contribution is 2.39. The number of ether oxygens (including phenoxy) is 1. The van der Waals surface area contributed by atoms with E-state index < -0.39 is 17.8 Å². The van der Waals surface area contributed by atoms with Gasteiger partial charge in [0.05, 0.1) is 18.9 Å². The van der Waals surface area contributed by atoms with Crippen molar-refractivity contribution in [2.24, 2.45) is 17.8 Å². The number of benzene rings is 1. The van der Waals surface area contributed by atoms with Crippen LogP contribution in [0.1, 0.15) is 26.2 Å². The zero-order valence-electron chi connectivity index (χ0n) is 12.3. The van der Waals surface area contributed by atoms with Crippen molar-refractivity contribution in [1.29, 1.82) is 0 Å². The summed E-state index contributed by atoms with van der Waals surface area (Å²) in [4.78, 5) is 23.7. The second-order valence-corrected chi connectivity index (χ2v) is 5.52. The number of hydrogen-bond donors (Lipinski definition) is 2. The molecule has 3 atom stereocenters. The summed E-state index contributed by atoms with van der Waals surface area (Å²) in [5, 5.41) is 12.1. The van der Waals surface area contributed by atoms with Crippen LogP contribution in [0.4, 0.5) is 5.69 Å². The molecule has 21 heavy (non-hydrogen) atoms. The number of amides is 1. The van der Waals surface area contributed by atoms with Crippen molar-refractivity contribution >= 4 is 17.6 Å². The average molecular weight is 291 g/mol. The normalized spacial score (nSPS) is 24.6. The van der Waals surface area contributed by atoms with Crippen LogP contribution in [-0.2, 0) is 9.59 Å². The highest BCUT2D eigenvalue weighted by molar-refractivity contribution is 5.95. The first-order valence-corrected chi connectivity index (χ1v) is 7.22. The Kier molecular flexibility index (Phi) is 4.83. The maximum atomic E-state index is 12.4. The van der Waals surface area contributed by atoms with Gasteiger partial charge in [-0.25, -0.2) is 0 Å². The van der Waals surface area contributed by atoms with Crippen LogP contribution in [0.5, 0.6) is 5.75 Å². The molecule has 5 nitrogen and oxygen atoms in total. The third-order valence-corrected chi connectivity index (χ3v) is 4.23. The van der Waals surface area contributed by atoms with Gasteiger partial charge in [-0.15, -0.1) is 0 Å². The first-order valence-electron chi connectivity index (χ1n) is 7.22. The van der Waals surface area contributed by atoms with Gasteiger partial charge in [-0.05, 0) is 30.9 Å². The van der Waals surface area contributed by atoms with E-state index in [0.717, 1.165) is 6.42 Å². The second kappa shape index (κ2) is 6.61. The first-order chi connectivity index (χ1) is 10.0. The molecule has 1 aliphatic carbocycles. The Morgan fingerprint density at radius 3 is 2.67 bits per heavy atom. The lowest BCUT2D eigenvalue weighted by Crippen LogP contribution is -2.29. The first kappa shape index (κ1) is 15.4. The fraction of sp³-hybridized carbons (Fsp3) is 0.500. The van der Waals surface area contributed by atoms with Crippen LogP contribution >= 0.6 is 0 Å². The molecule has 0 saturated heterocycles. The number of methoxy groups -OCH3 is 1. The van der Waals surface area contributed by atoms with Gasteiger partial charge in [0.25, 0.3) is 0 Å². The molecule has 0 aliphatic heterocycles. The molecule has 1 aromatic carbocycles. The number of carbonyl (C=O) groups is 2. The highest BCUT2D eigenvalue weighted by atomic mass is 16.5. The zero-order chi connectivity index (χ0) is 15.4. The Hall–Kier alpha value is -2.04. The third kappa shape index (κ3) is 3.54. The second-order valence-electron chi connectivity index (χ2n) is 5.52. The molecule has 1 aliphatic rings. The minimum Gasteiger partial charge on any atom is -0.497 e. The largest absolute Gasteiger partial charge is 0.497 e. The monoisotopic (exact) mass is 291 g/mol. The van der Waals surface area contributed by atoms with Gasteiger partial charge in [0.2, 0.25) is 5.91 Å². The third-order valence-electron chi connectivity index (χ3n) is 4.23. The molecule has 0 spiro atoms. The van der Waals surface area contributed by atoms with Gasteiger partial charge in [-0.2, -0.15) is 0 Å². The zero-order valence-corrected chi connectivity index (χ0v) is 12.3. The Morgan fingerprint density at radius 1 is 1.33 bits per heavy atom. The number of aliphatic carboxylic acids is 1. The Labute approximate surface area is 124 Å². The molecule has 1 amide bonds. The standard InChI is InChI=1S/C16H21NO4/c1-3-10-7-13(14(8-10)16(19)20)15(18)17-11-5-4-6-12(9-11)21-2/h4-6,9-10,13-14H,3,7-8H2,1-2H3,(H,17,18)(H,19,20)/t10?,13-,14+/m0/s1. The van der Waals surface area contributed by atoms with Crippen LogP contribution in [0, 0.1) is 17.8 Å². The van der Waals surface area contributed by atoms with Crippen LogP contribution in [0.25, 0.3) is 0 Å². The number of carbonyl (C=O) groups excluding carboxylic acids is 1. The molecule has 0 heterocycles. The SMILES string of the molecule is CCC1C[C@H](C(=O)Nc2cccc(OC)c2)[C@H](C(=O)O)C1. The number of nitrogens with one attached hydrogen (secondary N) is 1. The fourth-order valence-corrected chi connectivity index (χ4v) is 2.97. The van der Waals surface area contributed by atoms with Crippen LogP contribution in [0.3, 0.4) is 0 Å². The summed E-state index contributed by atoms with van der Waals surface area (Å²) < 4.78 is 5.11. The van der Waals surface area contributed by atoms with E-state index in [4.69, 9.17) is 4.74 Å². The van der Waals surface area contributed by atoms with Crippen molar-refractivity contribution in [3.63, 3.8) is 0 Å². The summed E-state index contributed by atoms with van der Waals surface area (Å²) in [6.45, 7) is 2.03. The van der Waals surface area contributed by atoms with Gasteiger partial charge >= 0.3 is 5.97 Å². The smallest absolute Gasteiger partial charge is 0.307 e. The molecule has 1 unspecified atom stereocenters. The quantitative estimate of drug-likeness (QED) is 0.874. The van der Waals surface area contributed by atoms with Crippen LogP contribution in [0.2, 0.25) is 0 Å². The molecular weight excluding hydrogens is 270 g/mol. The van der Waals surface area contributed by atoms with E-state index in [1.54, 1.807) is 31.4 Å². The minimum absolute atomic E-state index is 0.216. The maximum absolute atomic E-state index is 12.4. The van der Waals surface area contributed by atoms with E-state index in [0.29, 0.717) is 30.2 Å². The topological polar surface area (TPSA) is 75.6 Å². The Morgan fingerprint density at radius 2 is 2.05 bits per heavy atom. The van der Waals surface area contributed by atoms with Gasteiger partial charge in [0.1, 0.15) is 5.75 Å². The predicted molar refractivity (Wildman–Crippen MR) is 79.3 cm³/mol. The molecule has 2 N–H and O–H groups in total. The molecule has 5 heteroatoms. The molecule has 1 aromatic rings. The van der Waals surface area contributed by atoms with Gasteiger partial charge in [-0.1, -0.05) is 19.4 Å². The van der Waals surface area contributed by atoms with Crippen LogP contribution in [0.15, 0.2) is 24.3 Å². The number of hydrogen-bond acceptors (Lipinski definition) is 3. The van der Waals surface area contributed by atoms with E-state index in [9.17, 15) is 14.7 Å². The van der Waals surface area contributed by atoms with Crippen molar-refractivity contribution < 1.29 is 19.4 Å². The fourth-order valence-electron chi connectivity index (χ4n) is 2.97. The number of carboxylic acids is 1. The number of carboxylic acid groups (broad SMARTS) is 1. The number of anilines is 1. The van der Waals surface area contributed by atoms with Crippen molar-refractivity contribution in [2.75, 3.05) is 12.4 Å². The van der Waals surface area contributed by atoms with Crippen molar-refractivity contribution in [3.05, 3.63) is 24.3 Å². The molecule has 1 fully saturated rings. The van der Waals surface area contributed by atoms with E-state index >= 15 is 0 Å². The Balaban J connectivity index is 2.09. The van der Waals surface area contributed by atoms with E-state index in [1.165, 1.54) is 0 Å². The summed E-state index contributed by atoms with van der Waals surface area (Å²) in [6.07, 6.45) is 2.14. The molecule has 0 radical (unpaired) electrons. The summed E-state index contributed by atoms with van der Waals surface area (Å²) in [5.41, 5.74) is 0.628. The van der Waals surface area contributed by atoms with Gasteiger partial charge in [0, 0.05) is 11.8 Å². The van der Waals surface area contributed by atoms with Crippen LogP contribution in [-0.4, -0.2) is 24.1 Å². The minimum atomic E-state index is -0.878. The van der Waals surface area contributed by atoms with Crippen molar-refractivity contribution in [3.8, 4) is 5.75 Å². The molecule has 114 valence electrons. The lowest BCUT2D eigenvalue weighted by atomic mass is 9.95. The van der Waals surface area contributed by atoms with E-state index in [-0.39, 0.29) is 5.91 Å². The summed E-state index contributed by atoms with van der Waals surface area (Å²) in [5.74, 6) is -1.17. The maximum Gasteiger partial charge on any atom is 0.307 e. The lowest BCUT2D eigenvalue weighted by molar-refractivity contribution is -0.145. The van der Waals surface area contributed by atoms with Gasteiger partial charge in [0.15, 0.2) is 0 Å². The highest BCUT2D eigenvalue weighted by Gasteiger charge is 2.42. The molecule has 1 saturated carbocycles. The average Bonchev–Trinajstić information content (AvgIpc) is 2.92.